The molecule has 1 aromatic carbocycles. The molecule has 1 amide bonds. The van der Waals surface area contributed by atoms with Gasteiger partial charge in [-0.3, -0.25) is 4.79 Å². The summed E-state index contributed by atoms with van der Waals surface area (Å²) >= 11 is 0. The van der Waals surface area contributed by atoms with Crippen LogP contribution in [0.25, 0.3) is 0 Å². The number of nitrogens with one attached hydrogen (secondary N) is 2. The molecule has 0 fully saturated rings. The fourth-order valence-corrected chi connectivity index (χ4v) is 2.78. The Bertz CT molecular complexity index is 619. The summed E-state index contributed by atoms with van der Waals surface area (Å²) in [6.07, 6.45) is 2.82. The van der Waals surface area contributed by atoms with Crippen LogP contribution in [0.15, 0.2) is 29.3 Å². The summed E-state index contributed by atoms with van der Waals surface area (Å²) < 4.78 is 11.1. The first-order chi connectivity index (χ1) is 13.1. The lowest BCUT2D eigenvalue weighted by atomic mass is 10.0. The van der Waals surface area contributed by atoms with E-state index < -0.39 is 0 Å². The van der Waals surface area contributed by atoms with Gasteiger partial charge in [-0.05, 0) is 25.8 Å². The molecule has 0 bridgehead atoms. The second kappa shape index (κ2) is 11.4. The van der Waals surface area contributed by atoms with Crippen LogP contribution >= 0.6 is 0 Å². The fourth-order valence-electron chi connectivity index (χ4n) is 2.78. The fraction of sp³-hybridized carbons (Fsp3) is 0.600. The first-order valence-corrected chi connectivity index (χ1v) is 9.66. The van der Waals surface area contributed by atoms with Crippen molar-refractivity contribution in [2.45, 2.75) is 32.2 Å². The Morgan fingerprint density at radius 1 is 1.33 bits per heavy atom. The average Bonchev–Trinajstić information content (AvgIpc) is 2.68. The van der Waals surface area contributed by atoms with Crippen molar-refractivity contribution >= 4 is 11.9 Å². The van der Waals surface area contributed by atoms with Crippen molar-refractivity contribution in [2.75, 3.05) is 47.0 Å². The Kier molecular flexibility index (Phi) is 8.91. The number of amides is 1. The quantitative estimate of drug-likeness (QED) is 0.391. The van der Waals surface area contributed by atoms with Crippen LogP contribution in [0, 0.1) is 0 Å². The molecule has 1 heterocycles. The molecule has 0 saturated carbocycles. The summed E-state index contributed by atoms with van der Waals surface area (Å²) in [4.78, 5) is 17.9. The van der Waals surface area contributed by atoms with Gasteiger partial charge in [-0.1, -0.05) is 18.2 Å². The van der Waals surface area contributed by atoms with Gasteiger partial charge in [0.15, 0.2) is 5.96 Å². The zero-order valence-electron chi connectivity index (χ0n) is 16.7. The molecular weight excluding hydrogens is 344 g/mol. The van der Waals surface area contributed by atoms with Crippen molar-refractivity contribution < 1.29 is 14.3 Å². The molecule has 27 heavy (non-hydrogen) atoms. The van der Waals surface area contributed by atoms with E-state index in [9.17, 15) is 4.79 Å². The maximum atomic E-state index is 11.9. The van der Waals surface area contributed by atoms with Gasteiger partial charge in [-0.25, -0.2) is 4.99 Å². The molecule has 2 N–H and O–H groups in total. The van der Waals surface area contributed by atoms with Gasteiger partial charge in [0, 0.05) is 45.8 Å². The van der Waals surface area contributed by atoms with Gasteiger partial charge in [0.1, 0.15) is 12.3 Å². The number of benzene rings is 1. The Hall–Kier alpha value is -2.28. The lowest BCUT2D eigenvalue weighted by Gasteiger charge is -2.28. The van der Waals surface area contributed by atoms with E-state index in [2.05, 4.69) is 21.7 Å². The van der Waals surface area contributed by atoms with Gasteiger partial charge in [-0.15, -0.1) is 0 Å². The molecular formula is C20H32N4O3. The minimum absolute atomic E-state index is 0.0279. The van der Waals surface area contributed by atoms with Crippen molar-refractivity contribution in [2.24, 2.45) is 4.99 Å². The van der Waals surface area contributed by atoms with E-state index in [-0.39, 0.29) is 18.5 Å². The van der Waals surface area contributed by atoms with Crippen molar-refractivity contribution in [3.63, 3.8) is 0 Å². The maximum Gasteiger partial charge on any atom is 0.243 e. The summed E-state index contributed by atoms with van der Waals surface area (Å²) in [7, 11) is 3.47. The van der Waals surface area contributed by atoms with Crippen LogP contribution in [0.2, 0.25) is 0 Å². The van der Waals surface area contributed by atoms with Crippen LogP contribution in [0.3, 0.4) is 0 Å². The molecule has 1 aromatic rings. The van der Waals surface area contributed by atoms with Crippen LogP contribution in [-0.2, 0) is 9.53 Å². The third-order valence-corrected chi connectivity index (χ3v) is 4.35. The molecule has 7 nitrogen and oxygen atoms in total. The van der Waals surface area contributed by atoms with Crippen LogP contribution in [-0.4, -0.2) is 63.8 Å². The second-order valence-corrected chi connectivity index (χ2v) is 6.66. The average molecular weight is 377 g/mol. The molecule has 7 heteroatoms. The van der Waals surface area contributed by atoms with Gasteiger partial charge in [-0.2, -0.15) is 0 Å². The van der Waals surface area contributed by atoms with Gasteiger partial charge in [0.2, 0.25) is 5.91 Å². The van der Waals surface area contributed by atoms with Crippen molar-refractivity contribution in [1.82, 2.24) is 15.5 Å². The number of carbonyl (C=O) groups is 1. The normalized spacial score (nSPS) is 16.3. The number of hydrogen-bond acceptors (Lipinski definition) is 4. The van der Waals surface area contributed by atoms with Crippen LogP contribution in [0.1, 0.15) is 37.8 Å². The SMILES string of the molecule is CCOCCCCNC(=NCC(=O)N(C)C)NC1CCOc2ccccc21. The number of aliphatic imine (C=N–C) groups is 1. The summed E-state index contributed by atoms with van der Waals surface area (Å²) in [5, 5.41) is 6.81. The lowest BCUT2D eigenvalue weighted by Crippen LogP contribution is -2.42. The standard InChI is InChI=1S/C20H32N4O3/c1-4-26-13-8-7-12-21-20(22-15-19(25)24(2)3)23-17-11-14-27-18-10-6-5-9-16(17)18/h5-6,9-10,17H,4,7-8,11-15H2,1-3H3,(H2,21,22,23). The van der Waals surface area contributed by atoms with E-state index in [1.165, 1.54) is 0 Å². The Morgan fingerprint density at radius 3 is 2.93 bits per heavy atom. The van der Waals surface area contributed by atoms with Gasteiger partial charge < -0.3 is 25.0 Å². The predicted molar refractivity (Wildman–Crippen MR) is 107 cm³/mol. The highest BCUT2D eigenvalue weighted by molar-refractivity contribution is 5.85. The van der Waals surface area contributed by atoms with E-state index >= 15 is 0 Å². The predicted octanol–water partition coefficient (Wildman–Crippen LogP) is 1.95. The molecule has 0 saturated heterocycles. The monoisotopic (exact) mass is 376 g/mol. The molecule has 0 aliphatic carbocycles. The number of rotatable bonds is 9. The van der Waals surface area contributed by atoms with Gasteiger partial charge in [0.05, 0.1) is 12.6 Å². The van der Waals surface area contributed by atoms with Crippen molar-refractivity contribution in [1.29, 1.82) is 0 Å². The van der Waals surface area contributed by atoms with E-state index in [1.807, 2.05) is 25.1 Å². The Balaban J connectivity index is 1.97. The zero-order chi connectivity index (χ0) is 19.5. The number of ether oxygens (including phenoxy) is 2. The maximum absolute atomic E-state index is 11.9. The highest BCUT2D eigenvalue weighted by Crippen LogP contribution is 2.31. The number of unbranched alkanes of at least 4 members (excludes halogenated alkanes) is 1. The first kappa shape index (κ1) is 21.0. The molecule has 1 atom stereocenters. The molecule has 2 rings (SSSR count). The number of guanidine groups is 1. The van der Waals surface area contributed by atoms with Crippen LogP contribution < -0.4 is 15.4 Å². The summed E-state index contributed by atoms with van der Waals surface area (Å²) in [5.41, 5.74) is 1.12. The summed E-state index contributed by atoms with van der Waals surface area (Å²) in [5.74, 6) is 1.53. The number of para-hydroxylation sites is 1. The van der Waals surface area contributed by atoms with E-state index in [1.54, 1.807) is 19.0 Å². The number of fused-ring (bicyclic) bond motifs is 1. The highest BCUT2D eigenvalue weighted by atomic mass is 16.5. The number of hydrogen-bond donors (Lipinski definition) is 2. The van der Waals surface area contributed by atoms with Crippen molar-refractivity contribution in [3.05, 3.63) is 29.8 Å². The van der Waals surface area contributed by atoms with Crippen LogP contribution in [0.5, 0.6) is 5.75 Å². The van der Waals surface area contributed by atoms with E-state index in [0.717, 1.165) is 50.3 Å². The number of nitrogens with zero attached hydrogens (tertiary/aromatic N) is 2. The third kappa shape index (κ3) is 7.09. The Labute approximate surface area is 162 Å². The summed E-state index contributed by atoms with van der Waals surface area (Å²) in [6.45, 7) is 5.07. The smallest absolute Gasteiger partial charge is 0.243 e. The molecule has 0 radical (unpaired) electrons. The molecule has 0 aromatic heterocycles. The highest BCUT2D eigenvalue weighted by Gasteiger charge is 2.22. The molecule has 1 aliphatic rings. The van der Waals surface area contributed by atoms with Crippen molar-refractivity contribution in [3.8, 4) is 5.75 Å². The molecule has 1 unspecified atom stereocenters. The minimum atomic E-state index is -0.0279. The largest absolute Gasteiger partial charge is 0.493 e. The topological polar surface area (TPSA) is 75.2 Å². The van der Waals surface area contributed by atoms with Crippen LogP contribution in [0.4, 0.5) is 0 Å². The minimum Gasteiger partial charge on any atom is -0.493 e. The molecule has 0 spiro atoms. The summed E-state index contributed by atoms with van der Waals surface area (Å²) in [6, 6.07) is 8.14. The molecule has 1 aliphatic heterocycles. The number of carbonyl (C=O) groups excluding carboxylic acids is 1. The lowest BCUT2D eigenvalue weighted by molar-refractivity contribution is -0.127. The van der Waals surface area contributed by atoms with Gasteiger partial charge >= 0.3 is 0 Å². The zero-order valence-corrected chi connectivity index (χ0v) is 16.7. The first-order valence-electron chi connectivity index (χ1n) is 9.66. The third-order valence-electron chi connectivity index (χ3n) is 4.35. The number of likely N-dealkylation sites (N-methyl/N-ethyl adjacent to an activating group) is 1. The molecule has 150 valence electrons. The van der Waals surface area contributed by atoms with Gasteiger partial charge in [0.25, 0.3) is 0 Å². The second-order valence-electron chi connectivity index (χ2n) is 6.66. The Morgan fingerprint density at radius 2 is 2.15 bits per heavy atom. The van der Waals surface area contributed by atoms with E-state index in [4.69, 9.17) is 9.47 Å². The van der Waals surface area contributed by atoms with E-state index in [0.29, 0.717) is 12.6 Å².